The van der Waals surface area contributed by atoms with Gasteiger partial charge in [0, 0.05) is 12.1 Å². The lowest BCUT2D eigenvalue weighted by Crippen LogP contribution is -2.29. The van der Waals surface area contributed by atoms with E-state index in [9.17, 15) is 4.79 Å². The molecule has 0 heterocycles. The Bertz CT molecular complexity index is 575. The van der Waals surface area contributed by atoms with Gasteiger partial charge in [0.15, 0.2) is 0 Å². The molecule has 0 saturated heterocycles. The van der Waals surface area contributed by atoms with Gasteiger partial charge in [-0.3, -0.25) is 4.79 Å². The lowest BCUT2D eigenvalue weighted by molar-refractivity contribution is -0.119. The fraction of sp³-hybridized carbons (Fsp3) is 0.235. The van der Waals surface area contributed by atoms with Crippen LogP contribution in [0.4, 0.5) is 5.69 Å². The Labute approximate surface area is 130 Å². The topological polar surface area (TPSA) is 59.6 Å². The lowest BCUT2D eigenvalue weighted by atomic mass is 10.2. The van der Waals surface area contributed by atoms with E-state index in [1.54, 1.807) is 14.2 Å². The van der Waals surface area contributed by atoms with Gasteiger partial charge in [0.05, 0.1) is 26.5 Å². The normalized spacial score (nSPS) is 9.91. The minimum absolute atomic E-state index is 0.100. The molecule has 0 radical (unpaired) electrons. The zero-order valence-electron chi connectivity index (χ0n) is 12.8. The first-order valence-corrected chi connectivity index (χ1v) is 7.00. The van der Waals surface area contributed by atoms with Gasteiger partial charge in [0.2, 0.25) is 5.91 Å². The molecule has 0 spiro atoms. The Morgan fingerprint density at radius 2 is 1.59 bits per heavy atom. The van der Waals surface area contributed by atoms with Gasteiger partial charge in [0.1, 0.15) is 11.5 Å². The number of nitrogens with one attached hydrogen (secondary N) is 2. The molecule has 5 nitrogen and oxygen atoms in total. The Balaban J connectivity index is 1.86. The molecule has 1 amide bonds. The summed E-state index contributed by atoms with van der Waals surface area (Å²) in [5.41, 5.74) is 1.73. The van der Waals surface area contributed by atoms with E-state index in [2.05, 4.69) is 10.6 Å². The summed E-state index contributed by atoms with van der Waals surface area (Å²) >= 11 is 0. The molecule has 116 valence electrons. The highest BCUT2D eigenvalue weighted by atomic mass is 16.5. The van der Waals surface area contributed by atoms with Crippen molar-refractivity contribution in [2.75, 3.05) is 26.1 Å². The van der Waals surface area contributed by atoms with E-state index in [1.807, 2.05) is 48.5 Å². The molecule has 2 rings (SSSR count). The van der Waals surface area contributed by atoms with Gasteiger partial charge in [0.25, 0.3) is 0 Å². The van der Waals surface area contributed by atoms with Crippen molar-refractivity contribution in [3.8, 4) is 11.5 Å². The van der Waals surface area contributed by atoms with Crippen LogP contribution in [0.1, 0.15) is 5.56 Å². The molecule has 2 aromatic carbocycles. The maximum absolute atomic E-state index is 11.9. The smallest absolute Gasteiger partial charge is 0.239 e. The molecule has 2 N–H and O–H groups in total. The Hall–Kier alpha value is -2.69. The molecule has 0 unspecified atom stereocenters. The molecule has 0 aliphatic heterocycles. The molecule has 2 aromatic rings. The first kappa shape index (κ1) is 15.7. The van der Waals surface area contributed by atoms with Crippen molar-refractivity contribution in [1.29, 1.82) is 0 Å². The summed E-state index contributed by atoms with van der Waals surface area (Å²) in [5, 5.41) is 5.92. The number of methoxy groups -OCH3 is 2. The van der Waals surface area contributed by atoms with Crippen molar-refractivity contribution in [3.05, 3.63) is 54.1 Å². The fourth-order valence-electron chi connectivity index (χ4n) is 2.07. The number of anilines is 1. The predicted octanol–water partition coefficient (Wildman–Crippen LogP) is 2.43. The van der Waals surface area contributed by atoms with Gasteiger partial charge in [-0.2, -0.15) is 0 Å². The van der Waals surface area contributed by atoms with Crippen LogP contribution in [0.2, 0.25) is 0 Å². The van der Waals surface area contributed by atoms with E-state index in [0.29, 0.717) is 12.3 Å². The number of carbonyl (C=O) groups is 1. The van der Waals surface area contributed by atoms with Gasteiger partial charge >= 0.3 is 0 Å². The minimum atomic E-state index is -0.100. The Morgan fingerprint density at radius 3 is 2.32 bits per heavy atom. The van der Waals surface area contributed by atoms with E-state index in [1.165, 1.54) is 0 Å². The molecule has 0 atom stereocenters. The second kappa shape index (κ2) is 7.93. The first-order valence-electron chi connectivity index (χ1n) is 7.00. The second-order valence-corrected chi connectivity index (χ2v) is 4.64. The van der Waals surface area contributed by atoms with Crippen molar-refractivity contribution in [1.82, 2.24) is 5.32 Å². The first-order chi connectivity index (χ1) is 10.7. The van der Waals surface area contributed by atoms with Crippen molar-refractivity contribution in [2.24, 2.45) is 0 Å². The van der Waals surface area contributed by atoms with Gasteiger partial charge in [-0.15, -0.1) is 0 Å². The molecule has 0 saturated carbocycles. The van der Waals surface area contributed by atoms with Gasteiger partial charge in [-0.25, -0.2) is 0 Å². The van der Waals surface area contributed by atoms with E-state index in [0.717, 1.165) is 17.0 Å². The molecular weight excluding hydrogens is 280 g/mol. The number of carbonyl (C=O) groups excluding carboxylic acids is 1. The predicted molar refractivity (Wildman–Crippen MR) is 86.3 cm³/mol. The number of hydrogen-bond acceptors (Lipinski definition) is 4. The van der Waals surface area contributed by atoms with Crippen LogP contribution in [-0.2, 0) is 11.3 Å². The third kappa shape index (κ3) is 4.15. The number of benzene rings is 2. The zero-order valence-corrected chi connectivity index (χ0v) is 12.8. The summed E-state index contributed by atoms with van der Waals surface area (Å²) in [7, 11) is 3.21. The SMILES string of the molecule is COc1ccccc1CNC(=O)CNc1ccccc1OC. The molecule has 0 aliphatic carbocycles. The molecule has 0 aromatic heterocycles. The number of para-hydroxylation sites is 3. The van der Waals surface area contributed by atoms with E-state index in [-0.39, 0.29) is 12.5 Å². The minimum Gasteiger partial charge on any atom is -0.496 e. The molecule has 0 aliphatic rings. The number of amides is 1. The molecule has 22 heavy (non-hydrogen) atoms. The van der Waals surface area contributed by atoms with Gasteiger partial charge in [-0.1, -0.05) is 30.3 Å². The summed E-state index contributed by atoms with van der Waals surface area (Å²) in [4.78, 5) is 11.9. The monoisotopic (exact) mass is 300 g/mol. The van der Waals surface area contributed by atoms with Gasteiger partial charge in [-0.05, 0) is 18.2 Å². The Morgan fingerprint density at radius 1 is 0.955 bits per heavy atom. The highest BCUT2D eigenvalue weighted by Crippen LogP contribution is 2.22. The van der Waals surface area contributed by atoms with Crippen LogP contribution >= 0.6 is 0 Å². The highest BCUT2D eigenvalue weighted by Gasteiger charge is 2.06. The number of ether oxygens (including phenoxy) is 2. The largest absolute Gasteiger partial charge is 0.496 e. The molecule has 0 fully saturated rings. The van der Waals surface area contributed by atoms with Crippen LogP contribution in [0.5, 0.6) is 11.5 Å². The van der Waals surface area contributed by atoms with Crippen molar-refractivity contribution >= 4 is 11.6 Å². The van der Waals surface area contributed by atoms with E-state index in [4.69, 9.17) is 9.47 Å². The maximum atomic E-state index is 11.9. The van der Waals surface area contributed by atoms with Crippen LogP contribution in [0.3, 0.4) is 0 Å². The summed E-state index contributed by atoms with van der Waals surface area (Å²) in [6, 6.07) is 15.1. The number of rotatable bonds is 7. The van der Waals surface area contributed by atoms with Crippen molar-refractivity contribution in [2.45, 2.75) is 6.54 Å². The molecule has 0 bridgehead atoms. The second-order valence-electron chi connectivity index (χ2n) is 4.64. The molecule has 5 heteroatoms. The fourth-order valence-corrected chi connectivity index (χ4v) is 2.07. The van der Waals surface area contributed by atoms with Crippen molar-refractivity contribution < 1.29 is 14.3 Å². The van der Waals surface area contributed by atoms with Crippen LogP contribution in [0, 0.1) is 0 Å². The van der Waals surface area contributed by atoms with Gasteiger partial charge < -0.3 is 20.1 Å². The average Bonchev–Trinajstić information content (AvgIpc) is 2.58. The van der Waals surface area contributed by atoms with E-state index >= 15 is 0 Å². The summed E-state index contributed by atoms with van der Waals surface area (Å²) < 4.78 is 10.5. The van der Waals surface area contributed by atoms with Crippen molar-refractivity contribution in [3.63, 3.8) is 0 Å². The number of hydrogen-bond donors (Lipinski definition) is 2. The highest BCUT2D eigenvalue weighted by molar-refractivity contribution is 5.81. The third-order valence-electron chi connectivity index (χ3n) is 3.21. The van der Waals surface area contributed by atoms with Crippen LogP contribution in [-0.4, -0.2) is 26.7 Å². The summed E-state index contributed by atoms with van der Waals surface area (Å²) in [6.45, 7) is 0.603. The summed E-state index contributed by atoms with van der Waals surface area (Å²) in [6.07, 6.45) is 0. The quantitative estimate of drug-likeness (QED) is 0.824. The van der Waals surface area contributed by atoms with Crippen LogP contribution < -0.4 is 20.1 Å². The van der Waals surface area contributed by atoms with Crippen LogP contribution in [0.15, 0.2) is 48.5 Å². The maximum Gasteiger partial charge on any atom is 0.239 e. The average molecular weight is 300 g/mol. The van der Waals surface area contributed by atoms with Crippen LogP contribution in [0.25, 0.3) is 0 Å². The zero-order chi connectivity index (χ0) is 15.8. The summed E-state index contributed by atoms with van der Waals surface area (Å²) in [5.74, 6) is 1.37. The molecular formula is C17H20N2O3. The standard InChI is InChI=1S/C17H20N2O3/c1-21-15-9-5-3-7-13(15)11-19-17(20)12-18-14-8-4-6-10-16(14)22-2/h3-10,18H,11-12H2,1-2H3,(H,19,20). The van der Waals surface area contributed by atoms with E-state index < -0.39 is 0 Å². The third-order valence-corrected chi connectivity index (χ3v) is 3.21. The lowest BCUT2D eigenvalue weighted by Gasteiger charge is -2.12. The Kier molecular flexibility index (Phi) is 5.65.